The predicted octanol–water partition coefficient (Wildman–Crippen LogP) is 5.83. The summed E-state index contributed by atoms with van der Waals surface area (Å²) in [6.45, 7) is 11.5. The first-order chi connectivity index (χ1) is 14.1. The Bertz CT molecular complexity index is 684. The van der Waals surface area contributed by atoms with Crippen LogP contribution in [0.5, 0.6) is 0 Å². The van der Waals surface area contributed by atoms with Crippen molar-refractivity contribution in [3.8, 4) is 0 Å². The standard InChI is InChI=1S/C27H44O3/c1-16(2)7-6-8-17(3)25-24(30)14-22-19-13-23(29)21-10-9-18(28)15-27(21,5)20(19)11-12-26(22,25)4/h16-22,25,28H,6-15H2,1-5H3/t17-,18?,19-,20+,21?,22+,25+,26+,27-/m1/s1. The first kappa shape index (κ1) is 22.5. The second-order valence-corrected chi connectivity index (χ2v) is 12.5. The van der Waals surface area contributed by atoms with Gasteiger partial charge in [0, 0.05) is 24.7 Å². The van der Waals surface area contributed by atoms with Crippen LogP contribution >= 0.6 is 0 Å². The fourth-order valence-electron chi connectivity index (χ4n) is 8.96. The molecule has 4 aliphatic carbocycles. The van der Waals surface area contributed by atoms with Crippen LogP contribution in [0.1, 0.15) is 98.8 Å². The van der Waals surface area contributed by atoms with Gasteiger partial charge in [-0.1, -0.05) is 47.5 Å². The number of ketones is 2. The van der Waals surface area contributed by atoms with E-state index in [2.05, 4.69) is 34.6 Å². The van der Waals surface area contributed by atoms with Crippen molar-refractivity contribution in [2.45, 2.75) is 105 Å². The van der Waals surface area contributed by atoms with E-state index in [0.717, 1.165) is 44.4 Å². The number of carbonyl (C=O) groups excluding carboxylic acids is 2. The Kier molecular flexibility index (Phi) is 6.01. The molecule has 2 unspecified atom stereocenters. The Hall–Kier alpha value is -0.700. The van der Waals surface area contributed by atoms with Crippen LogP contribution in [0, 0.1) is 52.3 Å². The summed E-state index contributed by atoms with van der Waals surface area (Å²) < 4.78 is 0. The average Bonchev–Trinajstić information content (AvgIpc) is 2.91. The minimum Gasteiger partial charge on any atom is -0.393 e. The lowest BCUT2D eigenvalue weighted by Gasteiger charge is -2.60. The summed E-state index contributed by atoms with van der Waals surface area (Å²) in [7, 11) is 0. The Balaban J connectivity index is 1.56. The van der Waals surface area contributed by atoms with Crippen molar-refractivity contribution in [3.05, 3.63) is 0 Å². The van der Waals surface area contributed by atoms with Crippen molar-refractivity contribution >= 4 is 11.6 Å². The maximum atomic E-state index is 13.3. The Morgan fingerprint density at radius 3 is 2.37 bits per heavy atom. The first-order valence-electron chi connectivity index (χ1n) is 12.8. The SMILES string of the molecule is CC(C)CCC[C@@H](C)[C@H]1C(=O)C[C@H]2[C@@H]3CC(=O)C4CCC(O)C[C@]4(C)[C@H]3CC[C@]12C. The van der Waals surface area contributed by atoms with Gasteiger partial charge < -0.3 is 5.11 Å². The number of rotatable bonds is 5. The third kappa shape index (κ3) is 3.51. The van der Waals surface area contributed by atoms with Gasteiger partial charge in [0.25, 0.3) is 0 Å². The molecule has 0 bridgehead atoms. The Morgan fingerprint density at radius 1 is 0.933 bits per heavy atom. The van der Waals surface area contributed by atoms with Gasteiger partial charge in [-0.2, -0.15) is 0 Å². The zero-order chi connectivity index (χ0) is 21.8. The second-order valence-electron chi connectivity index (χ2n) is 12.5. The number of hydrogen-bond acceptors (Lipinski definition) is 3. The number of Topliss-reactive ketones (excluding diaryl/α,β-unsaturated/α-hetero) is 2. The molecule has 1 N–H and O–H groups in total. The molecule has 0 heterocycles. The van der Waals surface area contributed by atoms with E-state index in [0.29, 0.717) is 48.1 Å². The molecule has 9 atom stereocenters. The van der Waals surface area contributed by atoms with Gasteiger partial charge in [0.15, 0.2) is 0 Å². The van der Waals surface area contributed by atoms with Crippen molar-refractivity contribution < 1.29 is 14.7 Å². The maximum Gasteiger partial charge on any atom is 0.137 e. The molecule has 4 aliphatic rings. The van der Waals surface area contributed by atoms with Gasteiger partial charge in [0.05, 0.1) is 6.10 Å². The summed E-state index contributed by atoms with van der Waals surface area (Å²) in [4.78, 5) is 26.6. The first-order valence-corrected chi connectivity index (χ1v) is 12.8. The smallest absolute Gasteiger partial charge is 0.137 e. The largest absolute Gasteiger partial charge is 0.393 e. The van der Waals surface area contributed by atoms with Crippen molar-refractivity contribution in [2.75, 3.05) is 0 Å². The number of hydrogen-bond donors (Lipinski definition) is 1. The quantitative estimate of drug-likeness (QED) is 0.614. The van der Waals surface area contributed by atoms with E-state index in [1.54, 1.807) is 0 Å². The molecule has 0 amide bonds. The molecule has 0 spiro atoms. The molecule has 3 nitrogen and oxygen atoms in total. The molecular weight excluding hydrogens is 372 g/mol. The average molecular weight is 417 g/mol. The highest BCUT2D eigenvalue weighted by Crippen LogP contribution is 2.67. The Morgan fingerprint density at radius 2 is 1.67 bits per heavy atom. The van der Waals surface area contributed by atoms with Crippen LogP contribution in [0.3, 0.4) is 0 Å². The van der Waals surface area contributed by atoms with E-state index < -0.39 is 0 Å². The second kappa shape index (κ2) is 8.01. The lowest BCUT2D eigenvalue weighted by molar-refractivity contribution is -0.160. The number of fused-ring (bicyclic) bond motifs is 5. The normalized spacial score (nSPS) is 47.0. The Labute approximate surface area is 183 Å². The summed E-state index contributed by atoms with van der Waals surface area (Å²) in [6.07, 6.45) is 9.38. The van der Waals surface area contributed by atoms with Gasteiger partial charge >= 0.3 is 0 Å². The van der Waals surface area contributed by atoms with Crippen molar-refractivity contribution in [1.29, 1.82) is 0 Å². The molecule has 4 fully saturated rings. The molecule has 0 aliphatic heterocycles. The van der Waals surface area contributed by atoms with E-state index in [4.69, 9.17) is 0 Å². The topological polar surface area (TPSA) is 54.4 Å². The van der Waals surface area contributed by atoms with E-state index in [1.807, 2.05) is 0 Å². The van der Waals surface area contributed by atoms with Crippen LogP contribution in [0.4, 0.5) is 0 Å². The van der Waals surface area contributed by atoms with Gasteiger partial charge in [-0.05, 0) is 78.9 Å². The summed E-state index contributed by atoms with van der Waals surface area (Å²) in [5, 5.41) is 10.4. The van der Waals surface area contributed by atoms with Gasteiger partial charge in [-0.3, -0.25) is 9.59 Å². The highest BCUT2D eigenvalue weighted by Gasteiger charge is 2.64. The third-order valence-electron chi connectivity index (χ3n) is 10.3. The van der Waals surface area contributed by atoms with Gasteiger partial charge in [0.1, 0.15) is 11.6 Å². The van der Waals surface area contributed by atoms with Crippen molar-refractivity contribution in [3.63, 3.8) is 0 Å². The van der Waals surface area contributed by atoms with Crippen molar-refractivity contribution in [1.82, 2.24) is 0 Å². The molecule has 0 saturated heterocycles. The van der Waals surface area contributed by atoms with Crippen LogP contribution in [-0.2, 0) is 9.59 Å². The lowest BCUT2D eigenvalue weighted by atomic mass is 9.44. The van der Waals surface area contributed by atoms with Crippen LogP contribution in [0.15, 0.2) is 0 Å². The van der Waals surface area contributed by atoms with E-state index in [-0.39, 0.29) is 28.8 Å². The molecule has 4 saturated carbocycles. The number of carbonyl (C=O) groups is 2. The molecule has 0 aromatic rings. The monoisotopic (exact) mass is 416 g/mol. The van der Waals surface area contributed by atoms with Gasteiger partial charge in [-0.15, -0.1) is 0 Å². The summed E-state index contributed by atoms with van der Waals surface area (Å²) in [6, 6.07) is 0. The molecule has 0 radical (unpaired) electrons. The van der Waals surface area contributed by atoms with E-state index in [9.17, 15) is 14.7 Å². The fraction of sp³-hybridized carbons (Fsp3) is 0.926. The molecule has 170 valence electrons. The van der Waals surface area contributed by atoms with E-state index in [1.165, 1.54) is 12.8 Å². The summed E-state index contributed by atoms with van der Waals surface area (Å²) in [5.41, 5.74) is -0.00469. The predicted molar refractivity (Wildman–Crippen MR) is 120 cm³/mol. The molecule has 4 rings (SSSR count). The minimum atomic E-state index is -0.259. The maximum absolute atomic E-state index is 13.3. The molecule has 0 aromatic heterocycles. The zero-order valence-corrected chi connectivity index (χ0v) is 20.0. The lowest BCUT2D eigenvalue weighted by Crippen LogP contribution is -2.57. The van der Waals surface area contributed by atoms with Crippen LogP contribution in [0.2, 0.25) is 0 Å². The van der Waals surface area contributed by atoms with Gasteiger partial charge in [-0.25, -0.2) is 0 Å². The molecule has 0 aromatic carbocycles. The highest BCUT2D eigenvalue weighted by atomic mass is 16.3. The molecule has 3 heteroatoms. The van der Waals surface area contributed by atoms with Crippen LogP contribution < -0.4 is 0 Å². The molecule has 30 heavy (non-hydrogen) atoms. The minimum absolute atomic E-state index is 0.0618. The number of aliphatic hydroxyl groups excluding tert-OH is 1. The summed E-state index contributed by atoms with van der Waals surface area (Å²) >= 11 is 0. The molecular formula is C27H44O3. The van der Waals surface area contributed by atoms with Crippen molar-refractivity contribution in [2.24, 2.45) is 52.3 Å². The van der Waals surface area contributed by atoms with Crippen LogP contribution in [0.25, 0.3) is 0 Å². The van der Waals surface area contributed by atoms with E-state index >= 15 is 0 Å². The van der Waals surface area contributed by atoms with Gasteiger partial charge in [0.2, 0.25) is 0 Å². The van der Waals surface area contributed by atoms with Crippen LogP contribution in [-0.4, -0.2) is 22.8 Å². The zero-order valence-electron chi connectivity index (χ0n) is 20.0. The fourth-order valence-corrected chi connectivity index (χ4v) is 8.96. The summed E-state index contributed by atoms with van der Waals surface area (Å²) in [5.74, 6) is 3.59. The highest BCUT2D eigenvalue weighted by molar-refractivity contribution is 5.86. The third-order valence-corrected chi connectivity index (χ3v) is 10.3. The number of aliphatic hydroxyl groups is 1.